The third-order valence-electron chi connectivity index (χ3n) is 5.53. The molecule has 1 aromatic heterocycles. The molecule has 2 N–H and O–H groups in total. The van der Waals surface area contributed by atoms with Crippen LogP contribution in [0.25, 0.3) is 0 Å². The molecule has 1 amide bonds. The zero-order valence-electron chi connectivity index (χ0n) is 17.4. The maximum absolute atomic E-state index is 13.6. The van der Waals surface area contributed by atoms with Gasteiger partial charge in [-0.15, -0.1) is 11.3 Å². The van der Waals surface area contributed by atoms with E-state index in [2.05, 4.69) is 13.8 Å². The van der Waals surface area contributed by atoms with E-state index in [1.54, 1.807) is 28.9 Å². The van der Waals surface area contributed by atoms with Crippen molar-refractivity contribution in [2.75, 3.05) is 13.7 Å². The Kier molecular flexibility index (Phi) is 7.18. The molecule has 1 aromatic carbocycles. The maximum Gasteiger partial charge on any atom is 0.262 e. The Morgan fingerprint density at radius 2 is 2.00 bits per heavy atom. The van der Waals surface area contributed by atoms with Crippen LogP contribution in [0.1, 0.15) is 43.0 Å². The summed E-state index contributed by atoms with van der Waals surface area (Å²) in [5.41, 5.74) is 2.71. The Bertz CT molecular complexity index is 970. The van der Waals surface area contributed by atoms with Crippen molar-refractivity contribution in [3.05, 3.63) is 46.2 Å². The molecule has 1 aliphatic heterocycles. The average Bonchev–Trinajstić information content (AvgIpc) is 3.13. The number of sulfonamides is 1. The summed E-state index contributed by atoms with van der Waals surface area (Å²) in [5, 5.41) is 11.4. The van der Waals surface area contributed by atoms with E-state index in [1.807, 2.05) is 11.4 Å². The number of hydrogen-bond donors (Lipinski definition) is 2. The van der Waals surface area contributed by atoms with Gasteiger partial charge in [-0.05, 0) is 60.0 Å². The average molecular weight is 453 g/mol. The first-order valence-electron chi connectivity index (χ1n) is 9.95. The van der Waals surface area contributed by atoms with Crippen LogP contribution in [-0.2, 0) is 21.2 Å². The molecule has 0 radical (unpaired) electrons. The fourth-order valence-corrected chi connectivity index (χ4v) is 6.53. The molecule has 7 nitrogen and oxygen atoms in total. The van der Waals surface area contributed by atoms with Crippen LogP contribution < -0.4 is 10.2 Å². The van der Waals surface area contributed by atoms with Crippen LogP contribution >= 0.6 is 11.3 Å². The first kappa shape index (κ1) is 22.7. The van der Waals surface area contributed by atoms with Crippen LogP contribution in [0.2, 0.25) is 0 Å². The van der Waals surface area contributed by atoms with E-state index in [9.17, 15) is 18.4 Å². The minimum atomic E-state index is -3.97. The summed E-state index contributed by atoms with van der Waals surface area (Å²) in [6, 6.07) is 7.07. The lowest BCUT2D eigenvalue weighted by molar-refractivity contribution is -0.134. The van der Waals surface area contributed by atoms with Gasteiger partial charge in [0.25, 0.3) is 5.91 Å². The topological polar surface area (TPSA) is 95.9 Å². The van der Waals surface area contributed by atoms with Crippen molar-refractivity contribution < 1.29 is 23.2 Å². The molecule has 3 rings (SSSR count). The van der Waals surface area contributed by atoms with E-state index >= 15 is 0 Å². The highest BCUT2D eigenvalue weighted by Gasteiger charge is 2.44. The minimum Gasteiger partial charge on any atom is -0.497 e. The lowest BCUT2D eigenvalue weighted by Crippen LogP contribution is -2.51. The van der Waals surface area contributed by atoms with Crippen molar-refractivity contribution in [1.29, 1.82) is 0 Å². The Hall–Kier alpha value is -1.94. The lowest BCUT2D eigenvalue weighted by Gasteiger charge is -2.33. The van der Waals surface area contributed by atoms with Crippen LogP contribution in [0, 0.1) is 5.92 Å². The van der Waals surface area contributed by atoms with E-state index in [1.165, 1.54) is 23.5 Å². The van der Waals surface area contributed by atoms with Gasteiger partial charge in [-0.2, -0.15) is 4.31 Å². The third-order valence-corrected chi connectivity index (χ3v) is 8.42. The summed E-state index contributed by atoms with van der Waals surface area (Å²) in [5.74, 6) is -0.0949. The number of nitrogens with zero attached hydrogens (tertiary/aromatic N) is 1. The van der Waals surface area contributed by atoms with E-state index in [4.69, 9.17) is 4.74 Å². The van der Waals surface area contributed by atoms with Crippen molar-refractivity contribution in [3.8, 4) is 5.75 Å². The first-order valence-corrected chi connectivity index (χ1v) is 12.3. The highest BCUT2D eigenvalue weighted by atomic mass is 32.2. The number of nitrogens with one attached hydrogen (secondary N) is 1. The molecule has 30 heavy (non-hydrogen) atoms. The zero-order valence-corrected chi connectivity index (χ0v) is 19.0. The van der Waals surface area contributed by atoms with Crippen molar-refractivity contribution in [2.24, 2.45) is 5.92 Å². The van der Waals surface area contributed by atoms with Gasteiger partial charge in [0.15, 0.2) is 0 Å². The van der Waals surface area contributed by atoms with Crippen LogP contribution in [0.5, 0.6) is 5.75 Å². The Morgan fingerprint density at radius 3 is 2.60 bits per heavy atom. The standard InChI is InChI=1S/C21H28N2O5S2/c1-14(2)4-9-18-17-11-13-29-19(17)10-12-23(20(18)21(24)22-25)30(26,27)16-7-5-15(28-3)6-8-16/h5-8,11,13-14,18,20,25H,4,9-10,12H2,1-3H3,(H,22,24). The molecule has 9 heteroatoms. The summed E-state index contributed by atoms with van der Waals surface area (Å²) in [6.45, 7) is 4.36. The van der Waals surface area contributed by atoms with Gasteiger partial charge in [0.05, 0.1) is 12.0 Å². The third kappa shape index (κ3) is 4.54. The highest BCUT2D eigenvalue weighted by Crippen LogP contribution is 2.39. The molecule has 164 valence electrons. The molecule has 2 aromatic rings. The van der Waals surface area contributed by atoms with Crippen molar-refractivity contribution in [1.82, 2.24) is 9.79 Å². The second-order valence-corrected chi connectivity index (χ2v) is 10.7. The molecule has 0 saturated carbocycles. The van der Waals surface area contributed by atoms with Gasteiger partial charge in [-0.3, -0.25) is 10.0 Å². The predicted molar refractivity (Wildman–Crippen MR) is 115 cm³/mol. The molecular weight excluding hydrogens is 424 g/mol. The number of fused-ring (bicyclic) bond motifs is 1. The van der Waals surface area contributed by atoms with Gasteiger partial charge >= 0.3 is 0 Å². The Balaban J connectivity index is 2.07. The molecular formula is C21H28N2O5S2. The molecule has 0 aliphatic carbocycles. The fourth-order valence-electron chi connectivity index (χ4n) is 3.96. The van der Waals surface area contributed by atoms with Gasteiger partial charge in [-0.1, -0.05) is 20.3 Å². The number of ether oxygens (including phenoxy) is 1. The van der Waals surface area contributed by atoms with E-state index in [0.717, 1.165) is 16.9 Å². The van der Waals surface area contributed by atoms with Gasteiger partial charge in [0, 0.05) is 17.3 Å². The number of carbonyl (C=O) groups excluding carboxylic acids is 1. The maximum atomic E-state index is 13.6. The lowest BCUT2D eigenvalue weighted by atomic mass is 9.86. The quantitative estimate of drug-likeness (QED) is 0.496. The monoisotopic (exact) mass is 452 g/mol. The first-order chi connectivity index (χ1) is 14.3. The summed E-state index contributed by atoms with van der Waals surface area (Å²) < 4.78 is 33.5. The minimum absolute atomic E-state index is 0.0897. The van der Waals surface area contributed by atoms with E-state index in [-0.39, 0.29) is 17.4 Å². The predicted octanol–water partition coefficient (Wildman–Crippen LogP) is 3.40. The van der Waals surface area contributed by atoms with Crippen LogP contribution in [0.4, 0.5) is 0 Å². The van der Waals surface area contributed by atoms with Gasteiger partial charge in [-0.25, -0.2) is 13.9 Å². The Morgan fingerprint density at radius 1 is 1.30 bits per heavy atom. The second kappa shape index (κ2) is 9.47. The van der Waals surface area contributed by atoms with E-state index < -0.39 is 22.0 Å². The molecule has 2 heterocycles. The number of hydroxylamine groups is 1. The number of amides is 1. The largest absolute Gasteiger partial charge is 0.497 e. The summed E-state index contributed by atoms with van der Waals surface area (Å²) in [4.78, 5) is 14.0. The van der Waals surface area contributed by atoms with Gasteiger partial charge in [0.1, 0.15) is 11.8 Å². The van der Waals surface area contributed by atoms with Gasteiger partial charge < -0.3 is 4.74 Å². The summed E-state index contributed by atoms with van der Waals surface area (Å²) >= 11 is 1.58. The van der Waals surface area contributed by atoms with E-state index in [0.29, 0.717) is 24.5 Å². The number of carbonyl (C=O) groups is 1. The van der Waals surface area contributed by atoms with Gasteiger partial charge in [0.2, 0.25) is 10.0 Å². The molecule has 0 bridgehead atoms. The van der Waals surface area contributed by atoms with Crippen LogP contribution in [0.15, 0.2) is 40.6 Å². The number of thiophene rings is 1. The van der Waals surface area contributed by atoms with Crippen molar-refractivity contribution in [2.45, 2.75) is 50.0 Å². The SMILES string of the molecule is COc1ccc(S(=O)(=O)N2CCc3sccc3C(CCC(C)C)C2C(=O)NO)cc1. The number of rotatable bonds is 7. The van der Waals surface area contributed by atoms with Crippen LogP contribution in [-0.4, -0.2) is 43.5 Å². The molecule has 1 aliphatic rings. The number of benzene rings is 1. The molecule has 0 fully saturated rings. The number of methoxy groups -OCH3 is 1. The smallest absolute Gasteiger partial charge is 0.262 e. The molecule has 0 spiro atoms. The highest BCUT2D eigenvalue weighted by molar-refractivity contribution is 7.89. The second-order valence-electron chi connectivity index (χ2n) is 7.84. The molecule has 0 saturated heterocycles. The van der Waals surface area contributed by atoms with Crippen LogP contribution in [0.3, 0.4) is 0 Å². The molecule has 2 atom stereocenters. The fraction of sp³-hybridized carbons (Fsp3) is 0.476. The Labute approximate surface area is 181 Å². The normalized spacial score (nSPS) is 19.9. The summed E-state index contributed by atoms with van der Waals surface area (Å²) in [6.07, 6.45) is 2.01. The number of hydrogen-bond acceptors (Lipinski definition) is 6. The van der Waals surface area contributed by atoms with Crippen molar-refractivity contribution in [3.63, 3.8) is 0 Å². The molecule has 2 unspecified atom stereocenters. The van der Waals surface area contributed by atoms with Crippen molar-refractivity contribution >= 4 is 27.3 Å². The zero-order chi connectivity index (χ0) is 21.9. The summed E-state index contributed by atoms with van der Waals surface area (Å²) in [7, 11) is -2.46.